The van der Waals surface area contributed by atoms with Gasteiger partial charge in [-0.25, -0.2) is 19.3 Å². The molecular weight excluding hydrogens is 405 g/mol. The van der Waals surface area contributed by atoms with Crippen LogP contribution in [-0.2, 0) is 0 Å². The smallest absolute Gasteiger partial charge is 0.135 e. The third-order valence-electron chi connectivity index (χ3n) is 5.38. The Morgan fingerprint density at radius 2 is 1.75 bits per heavy atom. The van der Waals surface area contributed by atoms with Gasteiger partial charge in [-0.15, -0.1) is 0 Å². The van der Waals surface area contributed by atoms with Gasteiger partial charge in [0.15, 0.2) is 0 Å². The Kier molecular flexibility index (Phi) is 4.04. The SMILES string of the molecule is Cc1cc(F)cc(-c2nccc3[nH]c(-c4n[nH]c5ccc(-c6cncnc6)nc45)cc23)c1. The topological polar surface area (TPSA) is 96.0 Å². The highest BCUT2D eigenvalue weighted by molar-refractivity contribution is 5.99. The van der Waals surface area contributed by atoms with Gasteiger partial charge in [-0.2, -0.15) is 5.10 Å². The molecule has 1 aromatic carbocycles. The first kappa shape index (κ1) is 18.3. The molecule has 7 nitrogen and oxygen atoms in total. The minimum Gasteiger partial charge on any atom is -0.353 e. The van der Waals surface area contributed by atoms with Gasteiger partial charge in [0.1, 0.15) is 23.4 Å². The van der Waals surface area contributed by atoms with Crippen LogP contribution in [0.3, 0.4) is 0 Å². The van der Waals surface area contributed by atoms with Crippen LogP contribution in [0.25, 0.3) is 55.8 Å². The van der Waals surface area contributed by atoms with Crippen LogP contribution in [0, 0.1) is 12.7 Å². The molecule has 32 heavy (non-hydrogen) atoms. The maximum atomic E-state index is 14.0. The van der Waals surface area contributed by atoms with Crippen LogP contribution in [0.1, 0.15) is 5.56 Å². The largest absolute Gasteiger partial charge is 0.353 e. The summed E-state index contributed by atoms with van der Waals surface area (Å²) >= 11 is 0. The Labute approximate surface area is 181 Å². The van der Waals surface area contributed by atoms with E-state index in [2.05, 4.69) is 30.1 Å². The van der Waals surface area contributed by atoms with E-state index in [1.807, 2.05) is 37.3 Å². The lowest BCUT2D eigenvalue weighted by Gasteiger charge is -2.04. The van der Waals surface area contributed by atoms with Crippen molar-refractivity contribution in [2.24, 2.45) is 0 Å². The van der Waals surface area contributed by atoms with Gasteiger partial charge in [0.05, 0.1) is 22.6 Å². The predicted octanol–water partition coefficient (Wildman–Crippen LogP) is 5.07. The van der Waals surface area contributed by atoms with Crippen LogP contribution >= 0.6 is 0 Å². The number of nitrogens with one attached hydrogen (secondary N) is 2. The van der Waals surface area contributed by atoms with Gasteiger partial charge in [-0.1, -0.05) is 0 Å². The Hall–Kier alpha value is -4.46. The molecule has 2 N–H and O–H groups in total. The van der Waals surface area contributed by atoms with Crippen molar-refractivity contribution in [3.8, 4) is 33.9 Å². The summed E-state index contributed by atoms with van der Waals surface area (Å²) < 4.78 is 14.0. The van der Waals surface area contributed by atoms with E-state index in [0.29, 0.717) is 11.4 Å². The predicted molar refractivity (Wildman–Crippen MR) is 120 cm³/mol. The fourth-order valence-electron chi connectivity index (χ4n) is 3.96. The molecule has 0 spiro atoms. The minimum atomic E-state index is -0.283. The lowest BCUT2D eigenvalue weighted by molar-refractivity contribution is 0.627. The summed E-state index contributed by atoms with van der Waals surface area (Å²) in [5, 5.41) is 8.42. The third-order valence-corrected chi connectivity index (χ3v) is 5.38. The Morgan fingerprint density at radius 1 is 0.875 bits per heavy atom. The molecule has 0 saturated carbocycles. The minimum absolute atomic E-state index is 0.283. The number of fused-ring (bicyclic) bond motifs is 2. The first-order chi connectivity index (χ1) is 15.7. The second kappa shape index (κ2) is 7.05. The van der Waals surface area contributed by atoms with E-state index in [-0.39, 0.29) is 5.82 Å². The number of hydrogen-bond donors (Lipinski definition) is 2. The maximum Gasteiger partial charge on any atom is 0.135 e. The van der Waals surface area contributed by atoms with Crippen molar-refractivity contribution >= 4 is 21.9 Å². The zero-order valence-corrected chi connectivity index (χ0v) is 17.0. The summed E-state index contributed by atoms with van der Waals surface area (Å²) in [6.45, 7) is 1.87. The Bertz CT molecular complexity index is 1580. The van der Waals surface area contributed by atoms with E-state index < -0.39 is 0 Å². The van der Waals surface area contributed by atoms with Gasteiger partial charge < -0.3 is 4.98 Å². The summed E-state index contributed by atoms with van der Waals surface area (Å²) in [5.41, 5.74) is 7.79. The number of aromatic nitrogens is 7. The van der Waals surface area contributed by atoms with Crippen molar-refractivity contribution < 1.29 is 4.39 Å². The highest BCUT2D eigenvalue weighted by atomic mass is 19.1. The highest BCUT2D eigenvalue weighted by Gasteiger charge is 2.16. The van der Waals surface area contributed by atoms with E-state index in [9.17, 15) is 4.39 Å². The quantitative estimate of drug-likeness (QED) is 0.416. The van der Waals surface area contributed by atoms with E-state index in [0.717, 1.165) is 50.0 Å². The summed E-state index contributed by atoms with van der Waals surface area (Å²) in [6, 6.07) is 12.6. The zero-order chi connectivity index (χ0) is 21.7. The van der Waals surface area contributed by atoms with Crippen molar-refractivity contribution in [1.29, 1.82) is 0 Å². The van der Waals surface area contributed by atoms with E-state index >= 15 is 0 Å². The van der Waals surface area contributed by atoms with Gasteiger partial charge in [-0.05, 0) is 55.0 Å². The van der Waals surface area contributed by atoms with Crippen molar-refractivity contribution in [3.05, 3.63) is 78.8 Å². The number of aromatic amines is 2. The molecular formula is C24H16FN7. The molecule has 0 saturated heterocycles. The molecule has 0 radical (unpaired) electrons. The van der Waals surface area contributed by atoms with Crippen molar-refractivity contribution in [3.63, 3.8) is 0 Å². The molecule has 0 unspecified atom stereocenters. The van der Waals surface area contributed by atoms with Gasteiger partial charge in [0.2, 0.25) is 0 Å². The lowest BCUT2D eigenvalue weighted by Crippen LogP contribution is -1.87. The van der Waals surface area contributed by atoms with Crippen LogP contribution in [-0.4, -0.2) is 35.1 Å². The number of hydrogen-bond acceptors (Lipinski definition) is 5. The lowest BCUT2D eigenvalue weighted by atomic mass is 10.0. The number of benzene rings is 1. The van der Waals surface area contributed by atoms with Crippen LogP contribution < -0.4 is 0 Å². The van der Waals surface area contributed by atoms with Crippen LogP contribution in [0.2, 0.25) is 0 Å². The molecule has 6 rings (SSSR count). The fraction of sp³-hybridized carbons (Fsp3) is 0.0417. The summed E-state index contributed by atoms with van der Waals surface area (Å²) in [5.74, 6) is -0.283. The molecule has 0 aliphatic heterocycles. The zero-order valence-electron chi connectivity index (χ0n) is 17.0. The molecule has 8 heteroatoms. The maximum absolute atomic E-state index is 14.0. The third kappa shape index (κ3) is 3.01. The second-order valence-corrected chi connectivity index (χ2v) is 7.61. The van der Waals surface area contributed by atoms with Gasteiger partial charge in [-0.3, -0.25) is 10.1 Å². The molecule has 0 aliphatic rings. The molecule has 0 atom stereocenters. The number of aryl methyl sites for hydroxylation is 1. The number of rotatable bonds is 3. The van der Waals surface area contributed by atoms with Crippen LogP contribution in [0.15, 0.2) is 67.4 Å². The molecule has 0 fully saturated rings. The van der Waals surface area contributed by atoms with Gasteiger partial charge in [0.25, 0.3) is 0 Å². The van der Waals surface area contributed by atoms with Crippen molar-refractivity contribution in [2.75, 3.05) is 0 Å². The summed E-state index contributed by atoms with van der Waals surface area (Å²) in [7, 11) is 0. The average Bonchev–Trinajstić information content (AvgIpc) is 3.42. The number of pyridine rings is 2. The van der Waals surface area contributed by atoms with Crippen molar-refractivity contribution in [2.45, 2.75) is 6.92 Å². The Morgan fingerprint density at radius 3 is 2.59 bits per heavy atom. The van der Waals surface area contributed by atoms with E-state index in [1.54, 1.807) is 18.6 Å². The highest BCUT2D eigenvalue weighted by Crippen LogP contribution is 2.33. The van der Waals surface area contributed by atoms with Crippen LogP contribution in [0.5, 0.6) is 0 Å². The molecule has 0 bridgehead atoms. The molecule has 6 aromatic rings. The summed E-state index contributed by atoms with van der Waals surface area (Å²) in [6.07, 6.45) is 6.65. The monoisotopic (exact) mass is 421 g/mol. The van der Waals surface area contributed by atoms with Gasteiger partial charge >= 0.3 is 0 Å². The number of halogens is 1. The van der Waals surface area contributed by atoms with E-state index in [4.69, 9.17) is 4.98 Å². The first-order valence-corrected chi connectivity index (χ1v) is 10.0. The number of nitrogens with zero attached hydrogens (tertiary/aromatic N) is 5. The second-order valence-electron chi connectivity index (χ2n) is 7.61. The first-order valence-electron chi connectivity index (χ1n) is 10.0. The fourth-order valence-corrected chi connectivity index (χ4v) is 3.96. The normalized spacial score (nSPS) is 11.4. The molecule has 5 aromatic heterocycles. The van der Waals surface area contributed by atoms with Gasteiger partial charge in [0, 0.05) is 40.6 Å². The Balaban J connectivity index is 1.52. The molecule has 5 heterocycles. The van der Waals surface area contributed by atoms with E-state index in [1.165, 1.54) is 18.5 Å². The van der Waals surface area contributed by atoms with Crippen LogP contribution in [0.4, 0.5) is 4.39 Å². The molecule has 0 aliphatic carbocycles. The molecule has 0 amide bonds. The van der Waals surface area contributed by atoms with Crippen molar-refractivity contribution in [1.82, 2.24) is 35.1 Å². The summed E-state index contributed by atoms with van der Waals surface area (Å²) in [4.78, 5) is 20.9. The number of H-pyrrole nitrogens is 2. The standard InChI is InChI=1S/C24H16FN7/c1-13-6-14(8-16(25)7-13)22-17-9-21(29-19(17)4-5-28-22)24-23-20(31-32-24)3-2-18(30-23)15-10-26-12-27-11-15/h2-12,29H,1H3,(H,31,32). The average molecular weight is 421 g/mol. The molecule has 154 valence electrons.